The van der Waals surface area contributed by atoms with Crippen molar-refractivity contribution in [1.82, 2.24) is 10.0 Å². The lowest BCUT2D eigenvalue weighted by atomic mass is 10.2. The number of hydrogen-bond donors (Lipinski definition) is 2. The lowest BCUT2D eigenvalue weighted by Gasteiger charge is -2.22. The van der Waals surface area contributed by atoms with Crippen LogP contribution in [0, 0.1) is 5.82 Å². The van der Waals surface area contributed by atoms with Crippen LogP contribution in [0.5, 0.6) is 0 Å². The van der Waals surface area contributed by atoms with Crippen molar-refractivity contribution in [2.45, 2.75) is 30.0 Å². The molecule has 0 aliphatic carbocycles. The summed E-state index contributed by atoms with van der Waals surface area (Å²) in [6.45, 7) is 4.54. The van der Waals surface area contributed by atoms with Crippen LogP contribution in [0.15, 0.2) is 23.1 Å². The first-order valence-electron chi connectivity index (χ1n) is 6.20. The molecule has 0 amide bonds. The number of benzene rings is 1. The molecule has 0 fully saturated rings. The number of hydrogen-bond acceptors (Lipinski definition) is 4. The van der Waals surface area contributed by atoms with Gasteiger partial charge in [0.1, 0.15) is 5.82 Å². The molecule has 1 rings (SSSR count). The summed E-state index contributed by atoms with van der Waals surface area (Å²) in [6.07, 6.45) is 1.92. The first kappa shape index (κ1) is 17.4. The third-order valence-electron chi connectivity index (χ3n) is 2.93. The van der Waals surface area contributed by atoms with Crippen molar-refractivity contribution in [2.24, 2.45) is 0 Å². The largest absolute Gasteiger partial charge is 0.316 e. The predicted octanol–water partition coefficient (Wildman–Crippen LogP) is 1.97. The summed E-state index contributed by atoms with van der Waals surface area (Å²) in [6, 6.07) is 3.80. The van der Waals surface area contributed by atoms with E-state index >= 15 is 0 Å². The number of thioether (sulfide) groups is 1. The summed E-state index contributed by atoms with van der Waals surface area (Å²) in [4.78, 5) is -0.0104. The van der Waals surface area contributed by atoms with Crippen molar-refractivity contribution in [1.29, 1.82) is 0 Å². The fourth-order valence-electron chi connectivity index (χ4n) is 1.53. The van der Waals surface area contributed by atoms with Gasteiger partial charge in [0.15, 0.2) is 0 Å². The maximum atomic E-state index is 13.3. The Morgan fingerprint density at radius 1 is 1.35 bits per heavy atom. The van der Waals surface area contributed by atoms with Crippen LogP contribution < -0.4 is 10.0 Å². The first-order chi connectivity index (χ1) is 9.22. The van der Waals surface area contributed by atoms with Crippen LogP contribution in [-0.2, 0) is 16.6 Å². The van der Waals surface area contributed by atoms with Crippen molar-refractivity contribution in [3.63, 3.8) is 0 Å². The molecule has 0 saturated carbocycles. The van der Waals surface area contributed by atoms with Gasteiger partial charge < -0.3 is 5.32 Å². The predicted molar refractivity (Wildman–Crippen MR) is 81.9 cm³/mol. The lowest BCUT2D eigenvalue weighted by Crippen LogP contribution is -2.36. The normalized spacial score (nSPS) is 12.7. The minimum absolute atomic E-state index is 0.0104. The lowest BCUT2D eigenvalue weighted by molar-refractivity contribution is 0.565. The Balaban J connectivity index is 3.05. The molecule has 7 heteroatoms. The van der Waals surface area contributed by atoms with Crippen molar-refractivity contribution in [3.05, 3.63) is 29.6 Å². The zero-order chi connectivity index (χ0) is 15.4. The topological polar surface area (TPSA) is 58.2 Å². The standard InChI is InChI=1S/C13H21FN2O2S2/c1-13(2,19-4)9-16-20(17,18)12-7-11(14)6-5-10(12)8-15-3/h5-7,15-16H,8-9H2,1-4H3. The average Bonchev–Trinajstić information content (AvgIpc) is 2.39. The van der Waals surface area contributed by atoms with Crippen LogP contribution in [0.25, 0.3) is 0 Å². The van der Waals surface area contributed by atoms with Gasteiger partial charge in [0.2, 0.25) is 10.0 Å². The average molecular weight is 320 g/mol. The molecule has 0 saturated heterocycles. The first-order valence-corrected chi connectivity index (χ1v) is 8.90. The summed E-state index contributed by atoms with van der Waals surface area (Å²) in [7, 11) is -2.01. The van der Waals surface area contributed by atoms with Gasteiger partial charge in [0, 0.05) is 17.8 Å². The molecule has 0 atom stereocenters. The number of sulfonamides is 1. The van der Waals surface area contributed by atoms with Gasteiger partial charge >= 0.3 is 0 Å². The van der Waals surface area contributed by atoms with Gasteiger partial charge in [0.25, 0.3) is 0 Å². The smallest absolute Gasteiger partial charge is 0.241 e. The highest BCUT2D eigenvalue weighted by molar-refractivity contribution is 8.00. The summed E-state index contributed by atoms with van der Waals surface area (Å²) in [5.41, 5.74) is 0.545. The van der Waals surface area contributed by atoms with Gasteiger partial charge in [-0.25, -0.2) is 17.5 Å². The Morgan fingerprint density at radius 2 is 2.00 bits per heavy atom. The minimum atomic E-state index is -3.72. The fourth-order valence-corrected chi connectivity index (χ4v) is 3.30. The van der Waals surface area contributed by atoms with Crippen LogP contribution >= 0.6 is 11.8 Å². The Bertz CT molecular complexity index is 559. The van der Waals surface area contributed by atoms with Gasteiger partial charge in [0.05, 0.1) is 4.90 Å². The van der Waals surface area contributed by atoms with Gasteiger partial charge in [-0.15, -0.1) is 0 Å². The highest BCUT2D eigenvalue weighted by Crippen LogP contribution is 2.22. The Hall–Kier alpha value is -0.630. The van der Waals surface area contributed by atoms with Crippen LogP contribution in [0.4, 0.5) is 4.39 Å². The van der Waals surface area contributed by atoms with E-state index in [1.54, 1.807) is 18.8 Å². The van der Waals surface area contributed by atoms with E-state index in [0.29, 0.717) is 12.1 Å². The van der Waals surface area contributed by atoms with E-state index in [1.807, 2.05) is 20.1 Å². The number of rotatable bonds is 7. The summed E-state index contributed by atoms with van der Waals surface area (Å²) in [5, 5.41) is 2.88. The second-order valence-electron chi connectivity index (χ2n) is 5.07. The zero-order valence-corrected chi connectivity index (χ0v) is 13.8. The Morgan fingerprint density at radius 3 is 2.55 bits per heavy atom. The molecule has 4 nitrogen and oxygen atoms in total. The molecule has 20 heavy (non-hydrogen) atoms. The maximum Gasteiger partial charge on any atom is 0.241 e. The molecule has 1 aromatic rings. The van der Waals surface area contributed by atoms with E-state index in [9.17, 15) is 12.8 Å². The summed E-state index contributed by atoms with van der Waals surface area (Å²) in [5.74, 6) is -0.561. The molecule has 0 spiro atoms. The van der Waals surface area contributed by atoms with E-state index in [1.165, 1.54) is 12.1 Å². The van der Waals surface area contributed by atoms with E-state index in [0.717, 1.165) is 6.07 Å². The molecule has 0 heterocycles. The van der Waals surface area contributed by atoms with Crippen LogP contribution in [0.3, 0.4) is 0 Å². The third kappa shape index (κ3) is 4.73. The summed E-state index contributed by atoms with van der Waals surface area (Å²) >= 11 is 1.57. The summed E-state index contributed by atoms with van der Waals surface area (Å²) < 4.78 is 40.3. The molecule has 0 unspecified atom stereocenters. The van der Waals surface area contributed by atoms with Gasteiger partial charge in [-0.1, -0.05) is 6.07 Å². The molecule has 1 aromatic carbocycles. The molecular formula is C13H21FN2O2S2. The molecular weight excluding hydrogens is 299 g/mol. The molecule has 0 aliphatic heterocycles. The van der Waals surface area contributed by atoms with Crippen molar-refractivity contribution in [2.75, 3.05) is 19.8 Å². The quantitative estimate of drug-likeness (QED) is 0.806. The second kappa shape index (κ2) is 6.89. The van der Waals surface area contributed by atoms with Gasteiger partial charge in [-0.2, -0.15) is 11.8 Å². The zero-order valence-electron chi connectivity index (χ0n) is 12.2. The van der Waals surface area contributed by atoms with Crippen molar-refractivity contribution < 1.29 is 12.8 Å². The Labute approximate surface area is 124 Å². The molecule has 114 valence electrons. The monoisotopic (exact) mass is 320 g/mol. The van der Waals surface area contributed by atoms with Crippen LogP contribution in [0.1, 0.15) is 19.4 Å². The highest BCUT2D eigenvalue weighted by Gasteiger charge is 2.23. The van der Waals surface area contributed by atoms with E-state index in [2.05, 4.69) is 10.0 Å². The van der Waals surface area contributed by atoms with E-state index in [-0.39, 0.29) is 16.2 Å². The molecule has 0 aromatic heterocycles. The fraction of sp³-hybridized carbons (Fsp3) is 0.538. The molecule has 0 radical (unpaired) electrons. The van der Waals surface area contributed by atoms with E-state index in [4.69, 9.17) is 0 Å². The van der Waals surface area contributed by atoms with E-state index < -0.39 is 15.8 Å². The van der Waals surface area contributed by atoms with Crippen molar-refractivity contribution >= 4 is 21.8 Å². The third-order valence-corrected chi connectivity index (χ3v) is 5.66. The van der Waals surface area contributed by atoms with Crippen LogP contribution in [0.2, 0.25) is 0 Å². The molecule has 2 N–H and O–H groups in total. The molecule has 0 bridgehead atoms. The number of nitrogens with one attached hydrogen (secondary N) is 2. The SMILES string of the molecule is CNCc1ccc(F)cc1S(=O)(=O)NCC(C)(C)SC. The molecule has 0 aliphatic rings. The Kier molecular flexibility index (Phi) is 6.00. The minimum Gasteiger partial charge on any atom is -0.316 e. The van der Waals surface area contributed by atoms with Gasteiger partial charge in [-0.05, 0) is 44.8 Å². The van der Waals surface area contributed by atoms with Crippen LogP contribution in [-0.4, -0.2) is 33.0 Å². The second-order valence-corrected chi connectivity index (χ2v) is 8.32. The number of halogens is 1. The van der Waals surface area contributed by atoms with Crippen molar-refractivity contribution in [3.8, 4) is 0 Å². The maximum absolute atomic E-state index is 13.3. The highest BCUT2D eigenvalue weighted by atomic mass is 32.2. The van der Waals surface area contributed by atoms with Gasteiger partial charge in [-0.3, -0.25) is 0 Å².